The molecule has 3 rings (SSSR count). The Morgan fingerprint density at radius 2 is 2.17 bits per heavy atom. The normalized spacial score (nSPS) is 21.6. The maximum atomic E-state index is 13.3. The molecule has 1 aromatic rings. The van der Waals surface area contributed by atoms with E-state index in [2.05, 4.69) is 10.3 Å². The molecule has 2 fully saturated rings. The third-order valence-electron chi connectivity index (χ3n) is 3.84. The molecule has 24 heavy (non-hydrogen) atoms. The van der Waals surface area contributed by atoms with Gasteiger partial charge in [0.25, 0.3) is 0 Å². The van der Waals surface area contributed by atoms with Crippen LogP contribution in [0, 0.1) is 11.7 Å². The summed E-state index contributed by atoms with van der Waals surface area (Å²) >= 11 is 0. The monoisotopic (exact) mass is 352 g/mol. The molecule has 0 aliphatic carbocycles. The zero-order valence-electron chi connectivity index (χ0n) is 12.5. The number of aromatic nitrogens is 1. The molecule has 0 bridgehead atoms. The summed E-state index contributed by atoms with van der Waals surface area (Å²) in [5.74, 6) is -2.76. The Morgan fingerprint density at radius 3 is 2.67 bits per heavy atom. The summed E-state index contributed by atoms with van der Waals surface area (Å²) in [6.45, 7) is 2.97. The van der Waals surface area contributed by atoms with Crippen LogP contribution in [0.15, 0.2) is 18.3 Å². The molecule has 0 radical (unpaired) electrons. The van der Waals surface area contributed by atoms with Gasteiger partial charge in [0.1, 0.15) is 0 Å². The minimum atomic E-state index is -5.08. The number of ether oxygens (including phenoxy) is 2. The van der Waals surface area contributed by atoms with E-state index in [1.54, 1.807) is 6.07 Å². The lowest BCUT2D eigenvalue weighted by molar-refractivity contribution is -0.192. The highest BCUT2D eigenvalue weighted by molar-refractivity contribution is 5.73. The van der Waals surface area contributed by atoms with Crippen molar-refractivity contribution in [3.63, 3.8) is 0 Å². The molecule has 0 amide bonds. The Bertz CT molecular complexity index is 578. The van der Waals surface area contributed by atoms with Crippen molar-refractivity contribution < 1.29 is 36.9 Å². The maximum absolute atomic E-state index is 13.3. The summed E-state index contributed by atoms with van der Waals surface area (Å²) in [4.78, 5) is 12.8. The van der Waals surface area contributed by atoms with Crippen LogP contribution in [0.4, 0.5) is 17.6 Å². The average molecular weight is 352 g/mol. The molecule has 1 aromatic heterocycles. The number of rotatable bonds is 3. The fourth-order valence-corrected chi connectivity index (χ4v) is 2.44. The Hall–Kier alpha value is -1.94. The lowest BCUT2D eigenvalue weighted by Crippen LogP contribution is -2.63. The first kappa shape index (κ1) is 18.4. The van der Waals surface area contributed by atoms with Gasteiger partial charge in [-0.2, -0.15) is 13.2 Å². The van der Waals surface area contributed by atoms with Gasteiger partial charge in [0.05, 0.1) is 12.2 Å². The van der Waals surface area contributed by atoms with Gasteiger partial charge in [-0.25, -0.2) is 14.2 Å². The van der Waals surface area contributed by atoms with Gasteiger partial charge in [-0.1, -0.05) is 0 Å². The second kappa shape index (κ2) is 7.31. The predicted molar refractivity (Wildman–Crippen MR) is 73.0 cm³/mol. The van der Waals surface area contributed by atoms with Crippen molar-refractivity contribution >= 4 is 5.97 Å². The third kappa shape index (κ3) is 4.32. The number of nitrogens with one attached hydrogen (secondary N) is 1. The van der Waals surface area contributed by atoms with E-state index in [0.29, 0.717) is 12.5 Å². The second-order valence-corrected chi connectivity index (χ2v) is 5.41. The highest BCUT2D eigenvalue weighted by Gasteiger charge is 2.49. The van der Waals surface area contributed by atoms with Crippen molar-refractivity contribution in [3.05, 3.63) is 24.1 Å². The molecule has 1 atom stereocenters. The smallest absolute Gasteiger partial charge is 0.475 e. The Morgan fingerprint density at radius 1 is 1.50 bits per heavy atom. The first-order valence-corrected chi connectivity index (χ1v) is 7.13. The van der Waals surface area contributed by atoms with Gasteiger partial charge >= 0.3 is 12.1 Å². The Kier molecular flexibility index (Phi) is 5.60. The summed E-state index contributed by atoms with van der Waals surface area (Å²) in [5, 5.41) is 10.3. The van der Waals surface area contributed by atoms with Crippen LogP contribution in [0.1, 0.15) is 6.42 Å². The first-order valence-electron chi connectivity index (χ1n) is 7.13. The standard InChI is InChI=1S/C12H15FN2O2.C2HF3O2/c13-10-2-1-4-15-11(10)16-6-9-3-5-17-12(9)7-14-8-12;3-2(4,5)1(6)7/h1-2,4,9,14H,3,5-8H2;(H,6,7). The van der Waals surface area contributed by atoms with E-state index in [1.807, 2.05) is 0 Å². The third-order valence-corrected chi connectivity index (χ3v) is 3.84. The van der Waals surface area contributed by atoms with E-state index in [0.717, 1.165) is 26.1 Å². The molecule has 2 saturated heterocycles. The summed E-state index contributed by atoms with van der Waals surface area (Å²) in [6, 6.07) is 2.91. The molecule has 10 heteroatoms. The Balaban J connectivity index is 0.000000256. The number of hydrogen-bond donors (Lipinski definition) is 2. The molecular formula is C14H16F4N2O4. The van der Waals surface area contributed by atoms with E-state index in [4.69, 9.17) is 19.4 Å². The number of carbonyl (C=O) groups is 1. The van der Waals surface area contributed by atoms with E-state index in [1.165, 1.54) is 12.3 Å². The lowest BCUT2D eigenvalue weighted by Gasteiger charge is -2.42. The van der Waals surface area contributed by atoms with Gasteiger partial charge in [-0.3, -0.25) is 0 Å². The topological polar surface area (TPSA) is 80.7 Å². The van der Waals surface area contributed by atoms with Crippen LogP contribution in [0.2, 0.25) is 0 Å². The van der Waals surface area contributed by atoms with E-state index >= 15 is 0 Å². The minimum absolute atomic E-state index is 0.0781. The summed E-state index contributed by atoms with van der Waals surface area (Å²) in [7, 11) is 0. The maximum Gasteiger partial charge on any atom is 0.490 e. The lowest BCUT2D eigenvalue weighted by atomic mass is 9.83. The molecule has 1 spiro atoms. The molecule has 2 N–H and O–H groups in total. The van der Waals surface area contributed by atoms with Crippen LogP contribution in [0.3, 0.4) is 0 Å². The van der Waals surface area contributed by atoms with Crippen LogP contribution in [0.25, 0.3) is 0 Å². The van der Waals surface area contributed by atoms with Gasteiger partial charge in [0, 0.05) is 31.8 Å². The number of pyridine rings is 1. The number of nitrogens with zero attached hydrogens (tertiary/aromatic N) is 1. The molecule has 2 aliphatic heterocycles. The van der Waals surface area contributed by atoms with Gasteiger partial charge < -0.3 is 19.9 Å². The Labute approximate surface area is 134 Å². The largest absolute Gasteiger partial charge is 0.490 e. The number of carboxylic acid groups (broad SMARTS) is 1. The molecule has 3 heterocycles. The molecule has 0 saturated carbocycles. The number of hydrogen-bond acceptors (Lipinski definition) is 5. The van der Waals surface area contributed by atoms with Crippen LogP contribution < -0.4 is 10.1 Å². The van der Waals surface area contributed by atoms with Gasteiger partial charge in [0.15, 0.2) is 5.82 Å². The van der Waals surface area contributed by atoms with E-state index in [9.17, 15) is 17.6 Å². The van der Waals surface area contributed by atoms with Crippen molar-refractivity contribution in [1.29, 1.82) is 0 Å². The summed E-state index contributed by atoms with van der Waals surface area (Å²) in [5.41, 5.74) is -0.0781. The molecule has 134 valence electrons. The molecule has 6 nitrogen and oxygen atoms in total. The van der Waals surface area contributed by atoms with Crippen molar-refractivity contribution in [1.82, 2.24) is 10.3 Å². The van der Waals surface area contributed by atoms with Crippen LogP contribution >= 0.6 is 0 Å². The van der Waals surface area contributed by atoms with Crippen molar-refractivity contribution in [2.75, 3.05) is 26.3 Å². The molecule has 0 aromatic carbocycles. The second-order valence-electron chi connectivity index (χ2n) is 5.41. The first-order chi connectivity index (χ1) is 11.2. The van der Waals surface area contributed by atoms with Crippen LogP contribution in [-0.4, -0.2) is 54.1 Å². The zero-order valence-corrected chi connectivity index (χ0v) is 12.5. The molecular weight excluding hydrogens is 336 g/mol. The minimum Gasteiger partial charge on any atom is -0.475 e. The van der Waals surface area contributed by atoms with Crippen LogP contribution in [-0.2, 0) is 9.53 Å². The van der Waals surface area contributed by atoms with Crippen LogP contribution in [0.5, 0.6) is 5.88 Å². The average Bonchev–Trinajstić information content (AvgIpc) is 2.90. The highest BCUT2D eigenvalue weighted by atomic mass is 19.4. The fraction of sp³-hybridized carbons (Fsp3) is 0.571. The quantitative estimate of drug-likeness (QED) is 0.805. The van der Waals surface area contributed by atoms with Crippen molar-refractivity contribution in [2.45, 2.75) is 18.2 Å². The number of aliphatic carboxylic acids is 1. The van der Waals surface area contributed by atoms with Gasteiger partial charge in [-0.15, -0.1) is 0 Å². The fourth-order valence-electron chi connectivity index (χ4n) is 2.44. The summed E-state index contributed by atoms with van der Waals surface area (Å²) in [6.07, 6.45) is -2.58. The van der Waals surface area contributed by atoms with E-state index < -0.39 is 18.0 Å². The number of alkyl halides is 3. The number of halogens is 4. The molecule has 2 aliphatic rings. The van der Waals surface area contributed by atoms with Crippen molar-refractivity contribution in [2.24, 2.45) is 5.92 Å². The van der Waals surface area contributed by atoms with Crippen molar-refractivity contribution in [3.8, 4) is 5.88 Å². The predicted octanol–water partition coefficient (Wildman–Crippen LogP) is 1.61. The zero-order chi connectivity index (χ0) is 17.8. The summed E-state index contributed by atoms with van der Waals surface area (Å²) < 4.78 is 56.3. The SMILES string of the molecule is Fc1cccnc1OCC1CCOC12CNC2.O=C(O)C(F)(F)F. The van der Waals surface area contributed by atoms with E-state index in [-0.39, 0.29) is 11.5 Å². The number of carboxylic acids is 1. The highest BCUT2D eigenvalue weighted by Crippen LogP contribution is 2.35. The molecule has 1 unspecified atom stereocenters. The van der Waals surface area contributed by atoms with Gasteiger partial charge in [0.2, 0.25) is 5.88 Å². The van der Waals surface area contributed by atoms with Gasteiger partial charge in [-0.05, 0) is 18.6 Å².